The van der Waals surface area contributed by atoms with E-state index in [1.807, 2.05) is 0 Å². The Morgan fingerprint density at radius 3 is 2.57 bits per heavy atom. The molecule has 0 radical (unpaired) electrons. The van der Waals surface area contributed by atoms with Crippen molar-refractivity contribution in [3.8, 4) is 11.3 Å². The molecule has 2 heterocycles. The lowest BCUT2D eigenvalue weighted by Gasteiger charge is -2.11. The maximum Gasteiger partial charge on any atom is 0.338 e. The number of ether oxygens (including phenoxy) is 1. The Hall–Kier alpha value is -2.71. The average Bonchev–Trinajstić information content (AvgIpc) is 3.22. The number of nitrogens with zero attached hydrogens (tertiary/aromatic N) is 1. The van der Waals surface area contributed by atoms with Crippen LogP contribution in [0.4, 0.5) is 0 Å². The van der Waals surface area contributed by atoms with Crippen LogP contribution in [0.3, 0.4) is 0 Å². The van der Waals surface area contributed by atoms with Crippen LogP contribution in [0.25, 0.3) is 17.4 Å². The Morgan fingerprint density at radius 1 is 1.21 bits per heavy atom. The molecule has 1 aliphatic rings. The van der Waals surface area contributed by atoms with Gasteiger partial charge in [-0.15, -0.1) is 0 Å². The van der Waals surface area contributed by atoms with E-state index >= 15 is 0 Å². The van der Waals surface area contributed by atoms with Crippen LogP contribution in [0.2, 0.25) is 0 Å². The highest BCUT2D eigenvalue weighted by atomic mass is 32.2. The van der Waals surface area contributed by atoms with Crippen molar-refractivity contribution in [2.75, 3.05) is 13.2 Å². The first-order valence-corrected chi connectivity index (χ1v) is 9.73. The maximum atomic E-state index is 12.4. The molecule has 0 bridgehead atoms. The summed E-state index contributed by atoms with van der Waals surface area (Å²) in [5.74, 6) is 0.279. The van der Waals surface area contributed by atoms with Gasteiger partial charge >= 0.3 is 5.97 Å². The second kappa shape index (κ2) is 8.53. The molecule has 1 aromatic carbocycles. The molecule has 1 aromatic heterocycles. The van der Waals surface area contributed by atoms with Crippen molar-refractivity contribution < 1.29 is 23.5 Å². The van der Waals surface area contributed by atoms with Crippen LogP contribution in [0, 0.1) is 0 Å². The molecule has 1 aliphatic heterocycles. The molecule has 8 heteroatoms. The van der Waals surface area contributed by atoms with Crippen LogP contribution >= 0.6 is 24.0 Å². The summed E-state index contributed by atoms with van der Waals surface area (Å²) in [5.41, 5.74) is 1.25. The van der Waals surface area contributed by atoms with Gasteiger partial charge in [0.2, 0.25) is 0 Å². The molecule has 144 valence electrons. The molecule has 3 rings (SSSR count). The molecule has 0 spiro atoms. The van der Waals surface area contributed by atoms with Gasteiger partial charge in [0.15, 0.2) is 0 Å². The Morgan fingerprint density at radius 2 is 1.93 bits per heavy atom. The first kappa shape index (κ1) is 20.0. The van der Waals surface area contributed by atoms with Crippen molar-refractivity contribution in [1.29, 1.82) is 0 Å². The van der Waals surface area contributed by atoms with Crippen molar-refractivity contribution in [3.05, 3.63) is 52.6 Å². The lowest BCUT2D eigenvalue weighted by atomic mass is 10.1. The smallest absolute Gasteiger partial charge is 0.338 e. The maximum absolute atomic E-state index is 12.4. The highest BCUT2D eigenvalue weighted by Gasteiger charge is 2.32. The SMILES string of the molecule is CCOC(=O)c1ccc(-c2ccc(/C=C3/SC(=S)N(CC(C)=O)C3=O)o2)cc1. The number of amides is 1. The van der Waals surface area contributed by atoms with Gasteiger partial charge in [-0.3, -0.25) is 14.5 Å². The first-order valence-electron chi connectivity index (χ1n) is 8.51. The quantitative estimate of drug-likeness (QED) is 0.402. The lowest BCUT2D eigenvalue weighted by Crippen LogP contribution is -2.32. The molecule has 28 heavy (non-hydrogen) atoms. The predicted octanol–water partition coefficient (Wildman–Crippen LogP) is 3.91. The molecule has 2 aromatic rings. The van der Waals surface area contributed by atoms with E-state index < -0.39 is 0 Å². The molecule has 1 amide bonds. The standard InChI is InChI=1S/C20H17NO5S2/c1-3-25-19(24)14-6-4-13(5-7-14)16-9-8-15(26-16)10-17-18(23)21(11-12(2)22)20(27)28-17/h4-10H,3,11H2,1-2H3/b17-10+. The molecule has 0 atom stereocenters. The van der Waals surface area contributed by atoms with Gasteiger partial charge in [-0.2, -0.15) is 0 Å². The number of carbonyl (C=O) groups is 3. The van der Waals surface area contributed by atoms with Gasteiger partial charge < -0.3 is 9.15 Å². The minimum absolute atomic E-state index is 0.0295. The van der Waals surface area contributed by atoms with E-state index in [0.717, 1.165) is 17.3 Å². The molecular formula is C20H17NO5S2. The van der Waals surface area contributed by atoms with E-state index in [-0.39, 0.29) is 24.2 Å². The number of ketones is 1. The number of carbonyl (C=O) groups excluding carboxylic acids is 3. The van der Waals surface area contributed by atoms with Crippen molar-refractivity contribution >= 4 is 52.0 Å². The van der Waals surface area contributed by atoms with Gasteiger partial charge in [-0.1, -0.05) is 36.1 Å². The van der Waals surface area contributed by atoms with Crippen LogP contribution < -0.4 is 0 Å². The van der Waals surface area contributed by atoms with Gasteiger partial charge in [0, 0.05) is 11.6 Å². The third-order valence-corrected chi connectivity index (χ3v) is 5.21. The molecule has 0 unspecified atom stereocenters. The number of hydrogen-bond donors (Lipinski definition) is 0. The normalized spacial score (nSPS) is 15.4. The Balaban J connectivity index is 1.76. The summed E-state index contributed by atoms with van der Waals surface area (Å²) in [6, 6.07) is 10.4. The molecule has 0 saturated carbocycles. The second-order valence-corrected chi connectivity index (χ2v) is 7.65. The Labute approximate surface area is 171 Å². The number of thioether (sulfide) groups is 1. The fraction of sp³-hybridized carbons (Fsp3) is 0.200. The van der Waals surface area contributed by atoms with Crippen LogP contribution in [-0.4, -0.2) is 40.0 Å². The van der Waals surface area contributed by atoms with Crippen molar-refractivity contribution in [2.45, 2.75) is 13.8 Å². The summed E-state index contributed by atoms with van der Waals surface area (Å²) < 4.78 is 11.1. The monoisotopic (exact) mass is 415 g/mol. The van der Waals surface area contributed by atoms with Crippen molar-refractivity contribution in [1.82, 2.24) is 4.90 Å². The summed E-state index contributed by atoms with van der Waals surface area (Å²) >= 11 is 6.31. The van der Waals surface area contributed by atoms with Gasteiger partial charge in [0.25, 0.3) is 5.91 Å². The van der Waals surface area contributed by atoms with Gasteiger partial charge in [-0.05, 0) is 38.1 Å². The third-order valence-electron chi connectivity index (χ3n) is 3.84. The highest BCUT2D eigenvalue weighted by Crippen LogP contribution is 2.33. The van der Waals surface area contributed by atoms with Gasteiger partial charge in [0.05, 0.1) is 23.6 Å². The molecule has 0 aliphatic carbocycles. The Kier molecular flexibility index (Phi) is 6.11. The average molecular weight is 415 g/mol. The summed E-state index contributed by atoms with van der Waals surface area (Å²) in [7, 11) is 0. The Bertz CT molecular complexity index is 975. The molecule has 1 saturated heterocycles. The summed E-state index contributed by atoms with van der Waals surface area (Å²) in [4.78, 5) is 37.1. The van der Waals surface area contributed by atoms with E-state index in [1.165, 1.54) is 11.8 Å². The number of esters is 1. The third kappa shape index (κ3) is 4.40. The summed E-state index contributed by atoms with van der Waals surface area (Å²) in [6.07, 6.45) is 1.61. The number of hydrogen-bond acceptors (Lipinski definition) is 7. The zero-order valence-corrected chi connectivity index (χ0v) is 16.9. The molecule has 6 nitrogen and oxygen atoms in total. The second-order valence-electron chi connectivity index (χ2n) is 5.97. The molecule has 1 fully saturated rings. The van der Waals surface area contributed by atoms with Crippen LogP contribution in [0.15, 0.2) is 45.7 Å². The topological polar surface area (TPSA) is 76.8 Å². The predicted molar refractivity (Wildman–Crippen MR) is 111 cm³/mol. The van der Waals surface area contributed by atoms with E-state index in [2.05, 4.69) is 0 Å². The van der Waals surface area contributed by atoms with E-state index in [1.54, 1.807) is 49.4 Å². The highest BCUT2D eigenvalue weighted by molar-refractivity contribution is 8.26. The number of rotatable bonds is 6. The van der Waals surface area contributed by atoms with Crippen LogP contribution in [0.1, 0.15) is 30.0 Å². The van der Waals surface area contributed by atoms with Crippen LogP contribution in [-0.2, 0) is 14.3 Å². The van der Waals surface area contributed by atoms with Gasteiger partial charge in [0.1, 0.15) is 21.6 Å². The van der Waals surface area contributed by atoms with E-state index in [0.29, 0.717) is 32.9 Å². The minimum atomic E-state index is -0.373. The molecule has 0 N–H and O–H groups in total. The first-order chi connectivity index (χ1) is 13.4. The number of benzene rings is 1. The zero-order valence-electron chi connectivity index (χ0n) is 15.3. The number of furan rings is 1. The fourth-order valence-corrected chi connectivity index (χ4v) is 3.79. The number of thiocarbonyl (C=S) groups is 1. The summed E-state index contributed by atoms with van der Waals surface area (Å²) in [5, 5.41) is 0. The molecular weight excluding hydrogens is 398 g/mol. The fourth-order valence-electron chi connectivity index (χ4n) is 2.56. The lowest BCUT2D eigenvalue weighted by molar-refractivity contribution is -0.126. The van der Waals surface area contributed by atoms with Crippen LogP contribution in [0.5, 0.6) is 0 Å². The van der Waals surface area contributed by atoms with E-state index in [9.17, 15) is 14.4 Å². The largest absolute Gasteiger partial charge is 0.462 e. The summed E-state index contributed by atoms with van der Waals surface area (Å²) in [6.45, 7) is 3.46. The van der Waals surface area contributed by atoms with Crippen molar-refractivity contribution in [3.63, 3.8) is 0 Å². The minimum Gasteiger partial charge on any atom is -0.462 e. The van der Waals surface area contributed by atoms with Gasteiger partial charge in [-0.25, -0.2) is 4.79 Å². The number of Topliss-reactive ketones (excluding diaryl/α,β-unsaturated/α-hetero) is 1. The van der Waals surface area contributed by atoms with E-state index in [4.69, 9.17) is 21.4 Å². The van der Waals surface area contributed by atoms with Crippen molar-refractivity contribution in [2.24, 2.45) is 0 Å². The zero-order chi connectivity index (χ0) is 20.3.